The highest BCUT2D eigenvalue weighted by Crippen LogP contribution is 2.29. The van der Waals surface area contributed by atoms with Gasteiger partial charge in [0.1, 0.15) is 5.58 Å². The topological polar surface area (TPSA) is 63.5 Å². The van der Waals surface area contributed by atoms with Gasteiger partial charge in [0.15, 0.2) is 5.76 Å². The van der Waals surface area contributed by atoms with E-state index in [0.717, 1.165) is 35.8 Å². The van der Waals surface area contributed by atoms with E-state index in [1.54, 1.807) is 13.2 Å². The molecule has 1 amide bonds. The largest absolute Gasteiger partial charge is 0.451 e. The molecule has 1 saturated heterocycles. The fourth-order valence-electron chi connectivity index (χ4n) is 3.12. The van der Waals surface area contributed by atoms with Gasteiger partial charge in [-0.05, 0) is 50.2 Å². The van der Waals surface area contributed by atoms with Crippen molar-refractivity contribution in [3.8, 4) is 0 Å². The lowest BCUT2D eigenvalue weighted by atomic mass is 9.79. The molecule has 1 aromatic heterocycles. The second-order valence-electron chi connectivity index (χ2n) is 6.16. The van der Waals surface area contributed by atoms with Crippen molar-refractivity contribution in [1.82, 2.24) is 10.6 Å². The number of carbonyl (C=O) groups excluding carboxylic acids is 1. The van der Waals surface area contributed by atoms with Crippen molar-refractivity contribution in [2.24, 2.45) is 5.41 Å². The van der Waals surface area contributed by atoms with Crippen LogP contribution in [0.15, 0.2) is 33.2 Å². The Balaban J connectivity index is 0.00000208. The molecule has 0 aliphatic carbocycles. The van der Waals surface area contributed by atoms with Gasteiger partial charge in [-0.3, -0.25) is 4.79 Å². The minimum absolute atomic E-state index is 0. The number of carbonyl (C=O) groups is 1. The normalized spacial score (nSPS) is 16.6. The minimum atomic E-state index is -0.175. The maximum atomic E-state index is 12.4. The van der Waals surface area contributed by atoms with E-state index >= 15 is 0 Å². The number of halogens is 2. The predicted octanol–water partition coefficient (Wildman–Crippen LogP) is 3.36. The van der Waals surface area contributed by atoms with Crippen LogP contribution in [0.4, 0.5) is 0 Å². The van der Waals surface area contributed by atoms with Crippen LogP contribution in [-0.2, 0) is 4.74 Å². The number of benzene rings is 1. The third-order valence-corrected chi connectivity index (χ3v) is 4.93. The quantitative estimate of drug-likeness (QED) is 0.783. The standard InChI is InChI=1S/C17H21BrN2O3.ClH/c1-22-11-17(4-6-19-7-5-17)10-20-16(21)15-9-12-8-13(18)2-3-14(12)23-15;/h2-3,8-9,19H,4-7,10-11H2,1H3,(H,20,21);1H. The van der Waals surface area contributed by atoms with Gasteiger partial charge in [-0.2, -0.15) is 0 Å². The van der Waals surface area contributed by atoms with E-state index < -0.39 is 0 Å². The van der Waals surface area contributed by atoms with Crippen molar-refractivity contribution in [3.63, 3.8) is 0 Å². The van der Waals surface area contributed by atoms with Crippen LogP contribution >= 0.6 is 28.3 Å². The molecule has 5 nitrogen and oxygen atoms in total. The van der Waals surface area contributed by atoms with Gasteiger partial charge in [-0.15, -0.1) is 12.4 Å². The summed E-state index contributed by atoms with van der Waals surface area (Å²) in [5, 5.41) is 7.28. The third-order valence-electron chi connectivity index (χ3n) is 4.44. The number of hydrogen-bond donors (Lipinski definition) is 2. The van der Waals surface area contributed by atoms with Gasteiger partial charge in [-0.25, -0.2) is 0 Å². The van der Waals surface area contributed by atoms with E-state index in [-0.39, 0.29) is 23.7 Å². The third kappa shape index (κ3) is 4.30. The Morgan fingerprint density at radius 2 is 2.12 bits per heavy atom. The zero-order valence-electron chi connectivity index (χ0n) is 13.6. The SMILES string of the molecule is COCC1(CNC(=O)c2cc3cc(Br)ccc3o2)CCNCC1.Cl. The molecule has 1 aliphatic rings. The van der Waals surface area contributed by atoms with Crippen molar-refractivity contribution in [2.45, 2.75) is 12.8 Å². The van der Waals surface area contributed by atoms with Crippen LogP contribution in [0.2, 0.25) is 0 Å². The Hall–Kier alpha value is -1.08. The lowest BCUT2D eigenvalue weighted by molar-refractivity contribution is 0.0506. The average molecular weight is 418 g/mol. The first kappa shape index (κ1) is 19.2. The van der Waals surface area contributed by atoms with E-state index in [0.29, 0.717) is 24.5 Å². The second-order valence-corrected chi connectivity index (χ2v) is 7.07. The first-order valence-electron chi connectivity index (χ1n) is 7.79. The molecule has 0 saturated carbocycles. The summed E-state index contributed by atoms with van der Waals surface area (Å²) in [6, 6.07) is 7.47. The zero-order chi connectivity index (χ0) is 16.3. The molecule has 0 bridgehead atoms. The highest BCUT2D eigenvalue weighted by atomic mass is 79.9. The lowest BCUT2D eigenvalue weighted by Crippen LogP contribution is -2.47. The first-order valence-corrected chi connectivity index (χ1v) is 8.58. The molecular weight excluding hydrogens is 396 g/mol. The Labute approximate surface area is 156 Å². The molecule has 1 aromatic carbocycles. The number of furan rings is 1. The van der Waals surface area contributed by atoms with Crippen molar-refractivity contribution in [3.05, 3.63) is 34.5 Å². The summed E-state index contributed by atoms with van der Waals surface area (Å²) in [5.41, 5.74) is 0.719. The highest BCUT2D eigenvalue weighted by molar-refractivity contribution is 9.10. The molecule has 0 atom stereocenters. The van der Waals surface area contributed by atoms with E-state index in [1.807, 2.05) is 18.2 Å². The van der Waals surface area contributed by atoms with Crippen molar-refractivity contribution in [1.29, 1.82) is 0 Å². The number of methoxy groups -OCH3 is 1. The Morgan fingerprint density at radius 1 is 1.38 bits per heavy atom. The number of rotatable bonds is 5. The molecule has 132 valence electrons. The summed E-state index contributed by atoms with van der Waals surface area (Å²) < 4.78 is 12.0. The molecule has 0 radical (unpaired) electrons. The molecule has 7 heteroatoms. The van der Waals surface area contributed by atoms with Crippen LogP contribution in [-0.4, -0.2) is 39.3 Å². The molecule has 0 spiro atoms. The number of amides is 1. The lowest BCUT2D eigenvalue weighted by Gasteiger charge is -2.37. The fraction of sp³-hybridized carbons (Fsp3) is 0.471. The average Bonchev–Trinajstić information content (AvgIpc) is 2.97. The molecule has 2 heterocycles. The Kier molecular flexibility index (Phi) is 6.69. The summed E-state index contributed by atoms with van der Waals surface area (Å²) in [6.45, 7) is 3.17. The fourth-order valence-corrected chi connectivity index (χ4v) is 3.50. The molecule has 24 heavy (non-hydrogen) atoms. The van der Waals surface area contributed by atoms with Crippen molar-refractivity contribution >= 4 is 45.2 Å². The van der Waals surface area contributed by atoms with Gasteiger partial charge in [0.05, 0.1) is 6.61 Å². The Bertz CT molecular complexity index is 693. The summed E-state index contributed by atoms with van der Waals surface area (Å²) in [4.78, 5) is 12.4. The van der Waals surface area contributed by atoms with Crippen LogP contribution in [0.5, 0.6) is 0 Å². The molecule has 1 aliphatic heterocycles. The van der Waals surface area contributed by atoms with Gasteiger partial charge in [-0.1, -0.05) is 15.9 Å². The van der Waals surface area contributed by atoms with Crippen molar-refractivity contribution in [2.75, 3.05) is 33.4 Å². The zero-order valence-corrected chi connectivity index (χ0v) is 16.0. The minimum Gasteiger partial charge on any atom is -0.451 e. The second kappa shape index (κ2) is 8.34. The summed E-state index contributed by atoms with van der Waals surface area (Å²) in [7, 11) is 1.71. The molecule has 3 rings (SSSR count). The van der Waals surface area contributed by atoms with Gasteiger partial charge < -0.3 is 19.8 Å². The summed E-state index contributed by atoms with van der Waals surface area (Å²) in [5.74, 6) is 0.172. The maximum Gasteiger partial charge on any atom is 0.287 e. The van der Waals surface area contributed by atoms with E-state index in [9.17, 15) is 4.79 Å². The first-order chi connectivity index (χ1) is 11.1. The number of fused-ring (bicyclic) bond motifs is 1. The van der Waals surface area contributed by atoms with Crippen molar-refractivity contribution < 1.29 is 13.9 Å². The van der Waals surface area contributed by atoms with Gasteiger partial charge in [0.25, 0.3) is 5.91 Å². The monoisotopic (exact) mass is 416 g/mol. The summed E-state index contributed by atoms with van der Waals surface area (Å²) in [6.07, 6.45) is 1.99. The highest BCUT2D eigenvalue weighted by Gasteiger charge is 2.32. The molecule has 1 fully saturated rings. The van der Waals surface area contributed by atoms with Crippen LogP contribution in [0, 0.1) is 5.41 Å². The number of hydrogen-bond acceptors (Lipinski definition) is 4. The maximum absolute atomic E-state index is 12.4. The van der Waals surface area contributed by atoms with E-state index in [2.05, 4.69) is 26.6 Å². The van der Waals surface area contributed by atoms with Crippen LogP contribution < -0.4 is 10.6 Å². The molecule has 2 aromatic rings. The summed E-state index contributed by atoms with van der Waals surface area (Å²) >= 11 is 3.42. The van der Waals surface area contributed by atoms with Crippen LogP contribution in [0.1, 0.15) is 23.4 Å². The molecular formula is C17H22BrClN2O3. The smallest absolute Gasteiger partial charge is 0.287 e. The molecule has 0 unspecified atom stereocenters. The number of nitrogens with one attached hydrogen (secondary N) is 2. The van der Waals surface area contributed by atoms with Crippen LogP contribution in [0.25, 0.3) is 11.0 Å². The van der Waals surface area contributed by atoms with Gasteiger partial charge in [0, 0.05) is 28.9 Å². The number of piperidine rings is 1. The molecule has 2 N–H and O–H groups in total. The van der Waals surface area contributed by atoms with Crippen LogP contribution in [0.3, 0.4) is 0 Å². The number of ether oxygens (including phenoxy) is 1. The Morgan fingerprint density at radius 3 is 2.83 bits per heavy atom. The predicted molar refractivity (Wildman–Crippen MR) is 99.9 cm³/mol. The van der Waals surface area contributed by atoms with E-state index in [1.165, 1.54) is 0 Å². The van der Waals surface area contributed by atoms with E-state index in [4.69, 9.17) is 9.15 Å². The van der Waals surface area contributed by atoms with Gasteiger partial charge in [0.2, 0.25) is 0 Å². The van der Waals surface area contributed by atoms with Gasteiger partial charge >= 0.3 is 0 Å².